The first-order valence-corrected chi connectivity index (χ1v) is 8.62. The highest BCUT2D eigenvalue weighted by Gasteiger charge is 2.37. The summed E-state index contributed by atoms with van der Waals surface area (Å²) in [5, 5.41) is 10.5. The summed E-state index contributed by atoms with van der Waals surface area (Å²) in [7, 11) is 1.70. The number of hydrogen-bond donors (Lipinski definition) is 4. The Balaban J connectivity index is 2.04. The van der Waals surface area contributed by atoms with E-state index in [1.165, 1.54) is 0 Å². The quantitative estimate of drug-likeness (QED) is 0.567. The number of rotatable bonds is 7. The van der Waals surface area contributed by atoms with E-state index in [2.05, 4.69) is 53.6 Å². The van der Waals surface area contributed by atoms with Crippen molar-refractivity contribution in [3.63, 3.8) is 0 Å². The predicted octanol–water partition coefficient (Wildman–Crippen LogP) is 2.23. The molecule has 0 aromatic carbocycles. The second-order valence-electron chi connectivity index (χ2n) is 7.90. The Morgan fingerprint density at radius 3 is 2.46 bits per heavy atom. The van der Waals surface area contributed by atoms with Crippen molar-refractivity contribution in [2.75, 3.05) is 36.6 Å². The van der Waals surface area contributed by atoms with Gasteiger partial charge in [0, 0.05) is 37.4 Å². The van der Waals surface area contributed by atoms with E-state index in [0.29, 0.717) is 30.0 Å². The lowest BCUT2D eigenvalue weighted by molar-refractivity contribution is 0.170. The van der Waals surface area contributed by atoms with E-state index in [9.17, 15) is 0 Å². The standard InChI is InChI=1S/C17H32N6O/c1-16(2)9-12(10-17(3,4)23-16)22-15-13(18)14(20-11-21-15)19-7-6-8-24-5/h11-12,23H,6-10,18H2,1-5H3,(H2,19,20,21,22). The van der Waals surface area contributed by atoms with Crippen LogP contribution in [-0.2, 0) is 4.74 Å². The van der Waals surface area contributed by atoms with E-state index in [4.69, 9.17) is 10.5 Å². The number of piperidine rings is 1. The van der Waals surface area contributed by atoms with Gasteiger partial charge >= 0.3 is 0 Å². The van der Waals surface area contributed by atoms with Gasteiger partial charge in [-0.05, 0) is 47.0 Å². The van der Waals surface area contributed by atoms with Crippen molar-refractivity contribution in [1.29, 1.82) is 0 Å². The molecule has 5 N–H and O–H groups in total. The number of hydrogen-bond acceptors (Lipinski definition) is 7. The molecule has 2 heterocycles. The van der Waals surface area contributed by atoms with Gasteiger partial charge in [0.05, 0.1) is 0 Å². The minimum atomic E-state index is 0.0719. The summed E-state index contributed by atoms with van der Waals surface area (Å²) in [5.74, 6) is 1.38. The molecular formula is C17H32N6O. The van der Waals surface area contributed by atoms with E-state index in [1.54, 1.807) is 13.4 Å². The molecule has 1 aliphatic heterocycles. The second-order valence-corrected chi connectivity index (χ2v) is 7.90. The van der Waals surface area contributed by atoms with Gasteiger partial charge in [-0.1, -0.05) is 0 Å². The largest absolute Gasteiger partial charge is 0.393 e. The predicted molar refractivity (Wildman–Crippen MR) is 99.4 cm³/mol. The molecule has 7 heteroatoms. The van der Waals surface area contributed by atoms with Crippen LogP contribution < -0.4 is 21.7 Å². The SMILES string of the molecule is COCCCNc1ncnc(NC2CC(C)(C)NC(C)(C)C2)c1N. The highest BCUT2D eigenvalue weighted by Crippen LogP contribution is 2.32. The number of anilines is 3. The normalized spacial score (nSPS) is 19.9. The lowest BCUT2D eigenvalue weighted by atomic mass is 9.79. The lowest BCUT2D eigenvalue weighted by Gasteiger charge is -2.46. The first-order chi connectivity index (χ1) is 11.2. The maximum Gasteiger partial charge on any atom is 0.155 e. The van der Waals surface area contributed by atoms with E-state index in [-0.39, 0.29) is 11.1 Å². The van der Waals surface area contributed by atoms with Gasteiger partial charge < -0.3 is 26.4 Å². The summed E-state index contributed by atoms with van der Waals surface area (Å²) >= 11 is 0. The van der Waals surface area contributed by atoms with Crippen molar-refractivity contribution in [3.05, 3.63) is 6.33 Å². The topological polar surface area (TPSA) is 97.1 Å². The smallest absolute Gasteiger partial charge is 0.155 e. The molecule has 24 heavy (non-hydrogen) atoms. The molecule has 1 saturated heterocycles. The summed E-state index contributed by atoms with van der Waals surface area (Å²) < 4.78 is 5.05. The monoisotopic (exact) mass is 336 g/mol. The second kappa shape index (κ2) is 7.53. The van der Waals surface area contributed by atoms with Crippen molar-refractivity contribution < 1.29 is 4.74 Å². The van der Waals surface area contributed by atoms with Crippen molar-refractivity contribution in [2.24, 2.45) is 0 Å². The zero-order chi connectivity index (χ0) is 17.8. The van der Waals surface area contributed by atoms with Crippen molar-refractivity contribution in [3.8, 4) is 0 Å². The number of methoxy groups -OCH3 is 1. The maximum absolute atomic E-state index is 6.25. The number of nitrogens with two attached hydrogens (primary N) is 1. The Labute approximate surface area is 145 Å². The minimum absolute atomic E-state index is 0.0719. The summed E-state index contributed by atoms with van der Waals surface area (Å²) in [4.78, 5) is 8.59. The lowest BCUT2D eigenvalue weighted by Crippen LogP contribution is -2.60. The summed E-state index contributed by atoms with van der Waals surface area (Å²) in [6, 6.07) is 0.315. The fourth-order valence-corrected chi connectivity index (χ4v) is 3.69. The molecule has 0 atom stereocenters. The van der Waals surface area contributed by atoms with Gasteiger partial charge in [-0.2, -0.15) is 0 Å². The average Bonchev–Trinajstić information content (AvgIpc) is 2.44. The van der Waals surface area contributed by atoms with E-state index >= 15 is 0 Å². The maximum atomic E-state index is 6.25. The van der Waals surface area contributed by atoms with Crippen molar-refractivity contribution >= 4 is 17.3 Å². The molecule has 7 nitrogen and oxygen atoms in total. The summed E-state index contributed by atoms with van der Waals surface area (Å²) in [6.07, 6.45) is 4.47. The first-order valence-electron chi connectivity index (χ1n) is 8.62. The number of nitrogens with zero attached hydrogens (tertiary/aromatic N) is 2. The fraction of sp³-hybridized carbons (Fsp3) is 0.765. The Kier molecular flexibility index (Phi) is 5.87. The number of nitrogen functional groups attached to an aromatic ring is 1. The van der Waals surface area contributed by atoms with Crippen LogP contribution in [0.25, 0.3) is 0 Å². The molecule has 0 saturated carbocycles. The molecule has 136 valence electrons. The molecule has 0 radical (unpaired) electrons. The van der Waals surface area contributed by atoms with Crippen LogP contribution in [0.1, 0.15) is 47.0 Å². The van der Waals surface area contributed by atoms with Crippen LogP contribution in [0.5, 0.6) is 0 Å². The van der Waals surface area contributed by atoms with E-state index in [0.717, 1.165) is 25.8 Å². The van der Waals surface area contributed by atoms with Crippen molar-refractivity contribution in [2.45, 2.75) is 64.1 Å². The van der Waals surface area contributed by atoms with Gasteiger partial charge in [0.15, 0.2) is 11.6 Å². The molecular weight excluding hydrogens is 304 g/mol. The third-order valence-corrected chi connectivity index (χ3v) is 4.23. The molecule has 0 bridgehead atoms. The Morgan fingerprint density at radius 2 is 1.83 bits per heavy atom. The van der Waals surface area contributed by atoms with Crippen LogP contribution in [0.2, 0.25) is 0 Å². The van der Waals surface area contributed by atoms with Crippen LogP contribution in [-0.4, -0.2) is 47.3 Å². The van der Waals surface area contributed by atoms with Gasteiger partial charge in [-0.25, -0.2) is 9.97 Å². The molecule has 1 aliphatic rings. The van der Waals surface area contributed by atoms with E-state index in [1.807, 2.05) is 0 Å². The van der Waals surface area contributed by atoms with Crippen LogP contribution in [0.3, 0.4) is 0 Å². The highest BCUT2D eigenvalue weighted by atomic mass is 16.5. The molecule has 1 fully saturated rings. The van der Waals surface area contributed by atoms with Gasteiger partial charge in [0.25, 0.3) is 0 Å². The van der Waals surface area contributed by atoms with Crippen LogP contribution in [0.4, 0.5) is 17.3 Å². The molecule has 0 spiro atoms. The number of ether oxygens (including phenoxy) is 1. The summed E-state index contributed by atoms with van der Waals surface area (Å²) in [6.45, 7) is 10.4. The van der Waals surface area contributed by atoms with Gasteiger partial charge in [0.1, 0.15) is 12.0 Å². The molecule has 1 aromatic rings. The molecule has 2 rings (SSSR count). The molecule has 0 amide bonds. The highest BCUT2D eigenvalue weighted by molar-refractivity contribution is 5.74. The Morgan fingerprint density at radius 1 is 1.21 bits per heavy atom. The van der Waals surface area contributed by atoms with Crippen molar-refractivity contribution in [1.82, 2.24) is 15.3 Å². The van der Waals surface area contributed by atoms with Gasteiger partial charge in [0.2, 0.25) is 0 Å². The number of nitrogens with one attached hydrogen (secondary N) is 3. The zero-order valence-electron chi connectivity index (χ0n) is 15.6. The molecule has 0 aliphatic carbocycles. The van der Waals surface area contributed by atoms with Crippen LogP contribution in [0.15, 0.2) is 6.33 Å². The minimum Gasteiger partial charge on any atom is -0.393 e. The Hall–Kier alpha value is -1.60. The fourth-order valence-electron chi connectivity index (χ4n) is 3.69. The number of aromatic nitrogens is 2. The van der Waals surface area contributed by atoms with Crippen LogP contribution in [0, 0.1) is 0 Å². The third kappa shape index (κ3) is 5.21. The Bertz CT molecular complexity index is 530. The molecule has 0 unspecified atom stereocenters. The first kappa shape index (κ1) is 18.7. The zero-order valence-corrected chi connectivity index (χ0v) is 15.6. The summed E-state index contributed by atoms with van der Waals surface area (Å²) in [5.41, 5.74) is 6.97. The molecule has 1 aromatic heterocycles. The van der Waals surface area contributed by atoms with E-state index < -0.39 is 0 Å². The third-order valence-electron chi connectivity index (χ3n) is 4.23. The van der Waals surface area contributed by atoms with Crippen LogP contribution >= 0.6 is 0 Å². The van der Waals surface area contributed by atoms with Gasteiger partial charge in [-0.3, -0.25) is 0 Å². The average molecular weight is 336 g/mol. The van der Waals surface area contributed by atoms with Gasteiger partial charge in [-0.15, -0.1) is 0 Å².